The van der Waals surface area contributed by atoms with Crippen LogP contribution in [0.4, 0.5) is 4.39 Å². The van der Waals surface area contributed by atoms with E-state index >= 15 is 0 Å². The minimum Gasteiger partial charge on any atom is -0.469 e. The minimum absolute atomic E-state index is 0.0780. The summed E-state index contributed by atoms with van der Waals surface area (Å²) in [7, 11) is -1.22. The molecule has 188 valence electrons. The zero-order valence-electron chi connectivity index (χ0n) is 20.6. The van der Waals surface area contributed by atoms with Gasteiger partial charge in [-0.2, -0.15) is 0 Å². The molecule has 0 amide bonds. The number of hydrogen-bond donors (Lipinski definition) is 1. The maximum Gasteiger partial charge on any atom is 0.308 e. The number of hydrogen-bond acceptors (Lipinski definition) is 7. The van der Waals surface area contributed by atoms with Crippen molar-refractivity contribution in [3.63, 3.8) is 0 Å². The van der Waals surface area contributed by atoms with Gasteiger partial charge < -0.3 is 14.4 Å². The molecule has 1 unspecified atom stereocenters. The number of halogens is 1. The van der Waals surface area contributed by atoms with Crippen molar-refractivity contribution in [1.82, 2.24) is 9.97 Å². The summed E-state index contributed by atoms with van der Waals surface area (Å²) in [6.07, 6.45) is -1.94. The van der Waals surface area contributed by atoms with Crippen molar-refractivity contribution in [2.24, 2.45) is 0 Å². The van der Waals surface area contributed by atoms with Crippen LogP contribution in [0.25, 0.3) is 22.6 Å². The van der Waals surface area contributed by atoms with Crippen LogP contribution in [0.15, 0.2) is 54.6 Å². The van der Waals surface area contributed by atoms with E-state index in [1.807, 2.05) is 44.2 Å². The lowest BCUT2D eigenvalue weighted by Crippen LogP contribution is -2.18. The molecule has 1 heterocycles. The molecule has 3 rings (SSSR count). The first kappa shape index (κ1) is 27.2. The summed E-state index contributed by atoms with van der Waals surface area (Å²) in [6.45, 7) is 3.90. The predicted molar refractivity (Wildman–Crippen MR) is 136 cm³/mol. The van der Waals surface area contributed by atoms with Crippen molar-refractivity contribution in [3.05, 3.63) is 71.7 Å². The van der Waals surface area contributed by atoms with Crippen LogP contribution in [0.2, 0.25) is 0 Å². The van der Waals surface area contributed by atoms with Gasteiger partial charge in [0.25, 0.3) is 7.37 Å². The van der Waals surface area contributed by atoms with Crippen LogP contribution in [0.5, 0.6) is 0 Å². The van der Waals surface area contributed by atoms with E-state index in [4.69, 9.17) is 14.5 Å². The molecule has 7 nitrogen and oxygen atoms in total. The quantitative estimate of drug-likeness (QED) is 0.252. The van der Waals surface area contributed by atoms with Crippen molar-refractivity contribution >= 4 is 13.3 Å². The molecule has 2 atom stereocenters. The second-order valence-electron chi connectivity index (χ2n) is 8.39. The Morgan fingerprint density at radius 3 is 2.31 bits per heavy atom. The average Bonchev–Trinajstić information content (AvgIpc) is 2.87. The summed E-state index contributed by atoms with van der Waals surface area (Å²) in [6, 6.07) is 15.3. The molecule has 0 radical (unpaired) electrons. The van der Waals surface area contributed by atoms with Crippen LogP contribution < -0.4 is 0 Å². The van der Waals surface area contributed by atoms with E-state index < -0.39 is 25.3 Å². The molecule has 0 saturated heterocycles. The van der Waals surface area contributed by atoms with Gasteiger partial charge in [0.05, 0.1) is 42.7 Å². The second-order valence-corrected chi connectivity index (χ2v) is 10.7. The Hall–Kier alpha value is -3.37. The number of aliphatic hydroxyl groups is 1. The largest absolute Gasteiger partial charge is 0.469 e. The highest BCUT2D eigenvalue weighted by Gasteiger charge is 2.26. The van der Waals surface area contributed by atoms with Gasteiger partial charge in [-0.15, -0.1) is 0 Å². The lowest BCUT2D eigenvalue weighted by molar-refractivity contribution is -0.142. The molecule has 2 aromatic carbocycles. The summed E-state index contributed by atoms with van der Waals surface area (Å²) >= 11 is 0. The Bertz CT molecular complexity index is 1320. The highest BCUT2D eigenvalue weighted by molar-refractivity contribution is 7.64. The third-order valence-corrected chi connectivity index (χ3v) is 7.31. The summed E-state index contributed by atoms with van der Waals surface area (Å²) in [5.41, 5.74) is 5.59. The van der Waals surface area contributed by atoms with E-state index in [0.29, 0.717) is 28.3 Å². The van der Waals surface area contributed by atoms with E-state index in [1.165, 1.54) is 26.4 Å². The van der Waals surface area contributed by atoms with Crippen LogP contribution in [0.3, 0.4) is 0 Å². The molecule has 3 aromatic rings. The zero-order chi connectivity index (χ0) is 26.3. The first-order valence-electron chi connectivity index (χ1n) is 11.3. The number of benzene rings is 2. The summed E-state index contributed by atoms with van der Waals surface area (Å²) in [4.78, 5) is 21.0. The molecule has 9 heteroatoms. The van der Waals surface area contributed by atoms with Gasteiger partial charge in [0, 0.05) is 18.2 Å². The van der Waals surface area contributed by atoms with E-state index in [1.54, 1.807) is 12.1 Å². The standard InChI is InChI=1S/C27H28FN2O5P/c1-18(2)25-23(14-15-36(33,35-4)17-22(31)16-24(32)34-3)26(19-10-12-21(28)13-11-19)30-27(29-25)20-8-6-5-7-9-20/h5-13,18,22,31H,16-17H2,1-4H3/t22-,36?/m0/s1. The topological polar surface area (TPSA) is 98.6 Å². The number of nitrogens with zero attached hydrogens (tertiary/aromatic N) is 2. The molecule has 1 aromatic heterocycles. The first-order valence-corrected chi connectivity index (χ1v) is 13.1. The van der Waals surface area contributed by atoms with Crippen molar-refractivity contribution in [2.75, 3.05) is 20.4 Å². The fourth-order valence-corrected chi connectivity index (χ4v) is 4.77. The Balaban J connectivity index is 2.17. The molecule has 0 aliphatic heterocycles. The van der Waals surface area contributed by atoms with Gasteiger partial charge in [-0.1, -0.05) is 50.1 Å². The van der Waals surface area contributed by atoms with Crippen molar-refractivity contribution in [1.29, 1.82) is 0 Å². The molecule has 0 aliphatic rings. The normalized spacial score (nSPS) is 13.4. The highest BCUT2D eigenvalue weighted by Crippen LogP contribution is 2.46. The molecule has 0 spiro atoms. The fraction of sp³-hybridized carbons (Fsp3) is 0.296. The minimum atomic E-state index is -3.66. The van der Waals surface area contributed by atoms with Gasteiger partial charge in [0.15, 0.2) is 5.82 Å². The van der Waals surface area contributed by atoms with Crippen LogP contribution >= 0.6 is 7.37 Å². The molecular weight excluding hydrogens is 482 g/mol. The number of ether oxygens (including phenoxy) is 1. The first-order chi connectivity index (χ1) is 17.2. The predicted octanol–water partition coefficient (Wildman–Crippen LogP) is 5.23. The maximum atomic E-state index is 13.7. The number of aromatic nitrogens is 2. The van der Waals surface area contributed by atoms with E-state index in [-0.39, 0.29) is 18.5 Å². The molecule has 0 fully saturated rings. The van der Waals surface area contributed by atoms with Gasteiger partial charge in [0.2, 0.25) is 0 Å². The molecular formula is C27H28FN2O5P. The number of rotatable bonds is 8. The third-order valence-electron chi connectivity index (χ3n) is 5.36. The molecule has 36 heavy (non-hydrogen) atoms. The third kappa shape index (κ3) is 6.86. The summed E-state index contributed by atoms with van der Waals surface area (Å²) in [5.74, 6) is 2.31. The van der Waals surface area contributed by atoms with Crippen molar-refractivity contribution < 1.29 is 28.1 Å². The summed E-state index contributed by atoms with van der Waals surface area (Å²) in [5, 5.41) is 10.2. The maximum absolute atomic E-state index is 13.7. The highest BCUT2D eigenvalue weighted by atomic mass is 31.2. The smallest absolute Gasteiger partial charge is 0.308 e. The molecule has 0 bridgehead atoms. The number of esters is 1. The van der Waals surface area contributed by atoms with E-state index in [0.717, 1.165) is 5.56 Å². The monoisotopic (exact) mass is 510 g/mol. The molecule has 1 N–H and O–H groups in total. The SMILES string of the molecule is COC(=O)C[C@H](O)CP(=O)(C#Cc1c(-c2ccc(F)cc2)nc(-c2ccccc2)nc1C(C)C)OC. The van der Waals surface area contributed by atoms with Gasteiger partial charge in [-0.3, -0.25) is 9.36 Å². The van der Waals surface area contributed by atoms with Crippen molar-refractivity contribution in [2.45, 2.75) is 32.3 Å². The Morgan fingerprint density at radius 1 is 1.06 bits per heavy atom. The lowest BCUT2D eigenvalue weighted by atomic mass is 9.98. The Morgan fingerprint density at radius 2 is 1.72 bits per heavy atom. The number of aliphatic hydroxyl groups excluding tert-OH is 1. The number of methoxy groups -OCH3 is 1. The van der Waals surface area contributed by atoms with Crippen LogP contribution in [-0.2, 0) is 18.6 Å². The Labute approximate surface area is 210 Å². The van der Waals surface area contributed by atoms with Gasteiger partial charge in [-0.05, 0) is 35.8 Å². The van der Waals surface area contributed by atoms with Crippen LogP contribution in [-0.4, -0.2) is 47.5 Å². The summed E-state index contributed by atoms with van der Waals surface area (Å²) < 4.78 is 36.7. The van der Waals surface area contributed by atoms with E-state index in [2.05, 4.69) is 16.3 Å². The van der Waals surface area contributed by atoms with Gasteiger partial charge in [0.1, 0.15) is 5.82 Å². The van der Waals surface area contributed by atoms with Gasteiger partial charge >= 0.3 is 5.97 Å². The van der Waals surface area contributed by atoms with Crippen LogP contribution in [0, 0.1) is 17.4 Å². The fourth-order valence-electron chi connectivity index (χ4n) is 3.48. The number of carbonyl (C=O) groups excluding carboxylic acids is 1. The number of carbonyl (C=O) groups is 1. The lowest BCUT2D eigenvalue weighted by Gasteiger charge is -2.16. The average molecular weight is 511 g/mol. The second kappa shape index (κ2) is 12.0. The van der Waals surface area contributed by atoms with E-state index in [9.17, 15) is 18.9 Å². The Kier molecular flexibility index (Phi) is 9.11. The molecule has 0 aliphatic carbocycles. The van der Waals surface area contributed by atoms with Crippen molar-refractivity contribution in [3.8, 4) is 34.2 Å². The molecule has 0 saturated carbocycles. The van der Waals surface area contributed by atoms with Crippen LogP contribution in [0.1, 0.15) is 37.4 Å². The zero-order valence-corrected chi connectivity index (χ0v) is 21.5. The van der Waals surface area contributed by atoms with Gasteiger partial charge in [-0.25, -0.2) is 14.4 Å².